The van der Waals surface area contributed by atoms with Gasteiger partial charge in [0.15, 0.2) is 0 Å². The molecule has 0 bridgehead atoms. The van der Waals surface area contributed by atoms with Crippen molar-refractivity contribution >= 4 is 11.3 Å². The average molecular weight is 290 g/mol. The molecule has 0 aliphatic carbocycles. The smallest absolute Gasteiger partial charge is 0.122 e. The van der Waals surface area contributed by atoms with E-state index in [0.717, 1.165) is 23.8 Å². The van der Waals surface area contributed by atoms with Crippen LogP contribution in [0.15, 0.2) is 30.3 Å². The number of ether oxygens (including phenoxy) is 1. The van der Waals surface area contributed by atoms with Crippen molar-refractivity contribution in [3.8, 4) is 10.4 Å². The van der Waals surface area contributed by atoms with Crippen LogP contribution in [-0.4, -0.2) is 18.1 Å². The average Bonchev–Trinajstić information content (AvgIpc) is 2.90. The van der Waals surface area contributed by atoms with Crippen LogP contribution in [-0.2, 0) is 11.3 Å². The molecule has 1 aromatic carbocycles. The van der Waals surface area contributed by atoms with Crippen molar-refractivity contribution in [3.63, 3.8) is 0 Å². The molecule has 3 nitrogen and oxygen atoms in total. The highest BCUT2D eigenvalue weighted by Crippen LogP contribution is 2.33. The van der Waals surface area contributed by atoms with E-state index in [1.165, 1.54) is 10.4 Å². The Morgan fingerprint density at radius 2 is 2.00 bits per heavy atom. The van der Waals surface area contributed by atoms with E-state index in [-0.39, 0.29) is 6.10 Å². The minimum atomic E-state index is 0.0582. The number of thiazole rings is 1. The van der Waals surface area contributed by atoms with E-state index >= 15 is 0 Å². The molecule has 4 heteroatoms. The Hall–Kier alpha value is -1.23. The van der Waals surface area contributed by atoms with Crippen LogP contribution in [0.4, 0.5) is 0 Å². The molecular weight excluding hydrogens is 268 g/mol. The van der Waals surface area contributed by atoms with E-state index in [2.05, 4.69) is 43.4 Å². The highest BCUT2D eigenvalue weighted by molar-refractivity contribution is 7.15. The number of rotatable bonds is 7. The summed E-state index contributed by atoms with van der Waals surface area (Å²) in [5.41, 5.74) is 2.34. The van der Waals surface area contributed by atoms with Crippen molar-refractivity contribution in [1.29, 1.82) is 0 Å². The third-order valence-electron chi connectivity index (χ3n) is 3.06. The summed E-state index contributed by atoms with van der Waals surface area (Å²) < 4.78 is 5.66. The molecule has 2 aromatic rings. The first-order chi connectivity index (χ1) is 9.76. The lowest BCUT2D eigenvalue weighted by molar-refractivity contribution is 0.0761. The fourth-order valence-corrected chi connectivity index (χ4v) is 3.13. The van der Waals surface area contributed by atoms with Crippen LogP contribution in [0.5, 0.6) is 0 Å². The predicted molar refractivity (Wildman–Crippen MR) is 85.0 cm³/mol. The zero-order chi connectivity index (χ0) is 14.4. The molecule has 0 aliphatic rings. The lowest BCUT2D eigenvalue weighted by atomic mass is 10.1. The van der Waals surface area contributed by atoms with Gasteiger partial charge >= 0.3 is 0 Å². The van der Waals surface area contributed by atoms with Gasteiger partial charge in [-0.2, -0.15) is 0 Å². The summed E-state index contributed by atoms with van der Waals surface area (Å²) in [7, 11) is 0. The van der Waals surface area contributed by atoms with Crippen LogP contribution >= 0.6 is 11.3 Å². The SMILES string of the molecule is CCNCc1nc(C(C)OCC)sc1-c1ccccc1. The van der Waals surface area contributed by atoms with Crippen LogP contribution in [0.25, 0.3) is 10.4 Å². The molecular formula is C16H22N2OS. The molecule has 0 fully saturated rings. The normalized spacial score (nSPS) is 12.6. The second-order valence-electron chi connectivity index (χ2n) is 4.57. The fourth-order valence-electron chi connectivity index (χ4n) is 2.04. The second-order valence-corrected chi connectivity index (χ2v) is 5.60. The standard InChI is InChI=1S/C16H22N2OS/c1-4-17-11-14-15(13-9-7-6-8-10-13)20-16(18-14)12(3)19-5-2/h6-10,12,17H,4-5,11H2,1-3H3. The number of aromatic nitrogens is 1. The molecule has 1 aromatic heterocycles. The van der Waals surface area contributed by atoms with Crippen LogP contribution in [0, 0.1) is 0 Å². The summed E-state index contributed by atoms with van der Waals surface area (Å²) in [5.74, 6) is 0. The lowest BCUT2D eigenvalue weighted by Crippen LogP contribution is -2.12. The number of benzene rings is 1. The Labute approximate surface area is 125 Å². The number of nitrogens with zero attached hydrogens (tertiary/aromatic N) is 1. The van der Waals surface area contributed by atoms with Gasteiger partial charge in [0, 0.05) is 13.2 Å². The molecule has 0 saturated carbocycles. The Morgan fingerprint density at radius 3 is 2.65 bits per heavy atom. The number of hydrogen-bond acceptors (Lipinski definition) is 4. The molecule has 2 rings (SSSR count). The summed E-state index contributed by atoms with van der Waals surface area (Å²) in [4.78, 5) is 6.02. The van der Waals surface area contributed by atoms with Gasteiger partial charge in [0.2, 0.25) is 0 Å². The van der Waals surface area contributed by atoms with Crippen molar-refractivity contribution < 1.29 is 4.74 Å². The molecule has 0 amide bonds. The minimum absolute atomic E-state index is 0.0582. The highest BCUT2D eigenvalue weighted by Gasteiger charge is 2.16. The third-order valence-corrected chi connectivity index (χ3v) is 4.36. The third kappa shape index (κ3) is 3.66. The van der Waals surface area contributed by atoms with Crippen molar-refractivity contribution in [2.45, 2.75) is 33.4 Å². The molecule has 0 saturated heterocycles. The van der Waals surface area contributed by atoms with Crippen molar-refractivity contribution in [2.24, 2.45) is 0 Å². The van der Waals surface area contributed by atoms with Crippen LogP contribution in [0.3, 0.4) is 0 Å². The van der Waals surface area contributed by atoms with Crippen molar-refractivity contribution in [3.05, 3.63) is 41.0 Å². The molecule has 108 valence electrons. The molecule has 1 atom stereocenters. The van der Waals surface area contributed by atoms with Crippen LogP contribution in [0.2, 0.25) is 0 Å². The van der Waals surface area contributed by atoms with E-state index in [1.807, 2.05) is 13.0 Å². The van der Waals surface area contributed by atoms with Gasteiger partial charge in [0.05, 0.1) is 10.6 Å². The van der Waals surface area contributed by atoms with Gasteiger partial charge in [-0.15, -0.1) is 11.3 Å². The van der Waals surface area contributed by atoms with Gasteiger partial charge < -0.3 is 10.1 Å². The Kier molecular flexibility index (Phi) is 5.71. The molecule has 1 N–H and O–H groups in total. The summed E-state index contributed by atoms with van der Waals surface area (Å²) in [6, 6.07) is 10.4. The summed E-state index contributed by atoms with van der Waals surface area (Å²) in [6.07, 6.45) is 0.0582. The maximum Gasteiger partial charge on any atom is 0.122 e. The Bertz CT molecular complexity index is 525. The Morgan fingerprint density at radius 1 is 1.25 bits per heavy atom. The van der Waals surface area contributed by atoms with Gasteiger partial charge in [-0.05, 0) is 26.0 Å². The number of hydrogen-bond donors (Lipinski definition) is 1. The van der Waals surface area contributed by atoms with Crippen LogP contribution < -0.4 is 5.32 Å². The maximum atomic E-state index is 5.66. The lowest BCUT2D eigenvalue weighted by Gasteiger charge is -2.06. The van der Waals surface area contributed by atoms with Gasteiger partial charge in [-0.1, -0.05) is 37.3 Å². The summed E-state index contributed by atoms with van der Waals surface area (Å²) in [6.45, 7) is 8.65. The zero-order valence-electron chi connectivity index (χ0n) is 12.3. The van der Waals surface area contributed by atoms with E-state index in [9.17, 15) is 0 Å². The highest BCUT2D eigenvalue weighted by atomic mass is 32.1. The van der Waals surface area contributed by atoms with Gasteiger partial charge in [0.25, 0.3) is 0 Å². The molecule has 0 aliphatic heterocycles. The quantitative estimate of drug-likeness (QED) is 0.836. The maximum absolute atomic E-state index is 5.66. The van der Waals surface area contributed by atoms with E-state index < -0.39 is 0 Å². The van der Waals surface area contributed by atoms with Gasteiger partial charge in [0.1, 0.15) is 11.1 Å². The largest absolute Gasteiger partial charge is 0.372 e. The second kappa shape index (κ2) is 7.53. The molecule has 20 heavy (non-hydrogen) atoms. The first-order valence-electron chi connectivity index (χ1n) is 7.13. The van der Waals surface area contributed by atoms with E-state index in [0.29, 0.717) is 6.61 Å². The zero-order valence-corrected chi connectivity index (χ0v) is 13.2. The molecule has 0 radical (unpaired) electrons. The predicted octanol–water partition coefficient (Wildman–Crippen LogP) is 4.02. The van der Waals surface area contributed by atoms with Crippen LogP contribution in [0.1, 0.15) is 37.6 Å². The molecule has 1 heterocycles. The van der Waals surface area contributed by atoms with Crippen molar-refractivity contribution in [2.75, 3.05) is 13.2 Å². The van der Waals surface area contributed by atoms with Gasteiger partial charge in [-0.25, -0.2) is 4.98 Å². The van der Waals surface area contributed by atoms with Gasteiger partial charge in [-0.3, -0.25) is 0 Å². The topological polar surface area (TPSA) is 34.2 Å². The number of nitrogens with one attached hydrogen (secondary N) is 1. The molecule has 1 unspecified atom stereocenters. The van der Waals surface area contributed by atoms with Crippen molar-refractivity contribution in [1.82, 2.24) is 10.3 Å². The monoisotopic (exact) mass is 290 g/mol. The summed E-state index contributed by atoms with van der Waals surface area (Å²) >= 11 is 1.73. The van der Waals surface area contributed by atoms with E-state index in [1.54, 1.807) is 11.3 Å². The first kappa shape index (κ1) is 15.2. The summed E-state index contributed by atoms with van der Waals surface area (Å²) in [5, 5.41) is 4.42. The Balaban J connectivity index is 2.32. The fraction of sp³-hybridized carbons (Fsp3) is 0.438. The molecule has 0 spiro atoms. The minimum Gasteiger partial charge on any atom is -0.372 e. The first-order valence-corrected chi connectivity index (χ1v) is 7.95. The van der Waals surface area contributed by atoms with E-state index in [4.69, 9.17) is 9.72 Å².